The van der Waals surface area contributed by atoms with Crippen LogP contribution in [0.1, 0.15) is 23.1 Å². The highest BCUT2D eigenvalue weighted by molar-refractivity contribution is 5.53. The molecule has 3 rings (SSSR count). The van der Waals surface area contributed by atoms with E-state index in [1.54, 1.807) is 7.11 Å². The number of hydrogen-bond acceptors (Lipinski definition) is 3. The van der Waals surface area contributed by atoms with Gasteiger partial charge in [-0.05, 0) is 53.8 Å². The van der Waals surface area contributed by atoms with Crippen molar-refractivity contribution in [1.29, 1.82) is 0 Å². The van der Waals surface area contributed by atoms with E-state index < -0.39 is 5.60 Å². The topological polar surface area (TPSA) is 55.5 Å². The molecule has 3 N–H and O–H groups in total. The van der Waals surface area contributed by atoms with Crippen LogP contribution in [0.4, 0.5) is 5.69 Å². The van der Waals surface area contributed by atoms with Gasteiger partial charge in [-0.25, -0.2) is 0 Å². The van der Waals surface area contributed by atoms with Gasteiger partial charge in [0.15, 0.2) is 0 Å². The highest BCUT2D eigenvalue weighted by Crippen LogP contribution is 2.43. The van der Waals surface area contributed by atoms with Gasteiger partial charge in [0.25, 0.3) is 0 Å². The third-order valence-electron chi connectivity index (χ3n) is 3.88. The van der Waals surface area contributed by atoms with Crippen molar-refractivity contribution in [3.8, 4) is 5.75 Å². The van der Waals surface area contributed by atoms with Crippen LogP contribution in [-0.4, -0.2) is 12.2 Å². The summed E-state index contributed by atoms with van der Waals surface area (Å²) < 4.78 is 5.24. The molecule has 0 spiro atoms. The van der Waals surface area contributed by atoms with Crippen molar-refractivity contribution in [2.75, 3.05) is 12.8 Å². The van der Waals surface area contributed by atoms with E-state index in [2.05, 4.69) is 0 Å². The monoisotopic (exact) mass is 255 g/mol. The molecular formula is C16H17NO2. The number of aryl methyl sites for hydroxylation is 1. The van der Waals surface area contributed by atoms with Crippen LogP contribution in [-0.2, 0) is 12.0 Å². The van der Waals surface area contributed by atoms with Gasteiger partial charge in [0.1, 0.15) is 11.4 Å². The molecule has 0 saturated carbocycles. The first-order valence-electron chi connectivity index (χ1n) is 6.39. The fourth-order valence-corrected chi connectivity index (χ4v) is 2.85. The molecule has 1 atom stereocenters. The molecule has 1 unspecified atom stereocenters. The molecule has 0 fully saturated rings. The first-order chi connectivity index (χ1) is 9.13. The number of rotatable bonds is 2. The lowest BCUT2D eigenvalue weighted by Gasteiger charge is -2.25. The number of anilines is 1. The first kappa shape index (κ1) is 12.1. The van der Waals surface area contributed by atoms with E-state index in [1.165, 1.54) is 0 Å². The van der Waals surface area contributed by atoms with Crippen LogP contribution in [0, 0.1) is 0 Å². The quantitative estimate of drug-likeness (QED) is 0.810. The third kappa shape index (κ3) is 1.87. The summed E-state index contributed by atoms with van der Waals surface area (Å²) in [6, 6.07) is 13.3. The number of fused-ring (bicyclic) bond motifs is 1. The lowest BCUT2D eigenvalue weighted by atomic mass is 9.88. The summed E-state index contributed by atoms with van der Waals surface area (Å²) in [6.45, 7) is 0. The molecule has 1 aliphatic rings. The Kier molecular flexibility index (Phi) is 2.72. The first-order valence-corrected chi connectivity index (χ1v) is 6.39. The van der Waals surface area contributed by atoms with Crippen molar-refractivity contribution >= 4 is 5.69 Å². The summed E-state index contributed by atoms with van der Waals surface area (Å²) in [5.41, 5.74) is 8.57. The SMILES string of the molecule is COc1cccc(C2(O)CCc3cc(N)ccc32)c1. The maximum absolute atomic E-state index is 11.0. The van der Waals surface area contributed by atoms with E-state index in [-0.39, 0.29) is 0 Å². The Morgan fingerprint density at radius 3 is 2.84 bits per heavy atom. The van der Waals surface area contributed by atoms with Gasteiger partial charge in [-0.2, -0.15) is 0 Å². The number of methoxy groups -OCH3 is 1. The molecule has 0 bridgehead atoms. The van der Waals surface area contributed by atoms with Crippen molar-refractivity contribution in [3.63, 3.8) is 0 Å². The molecule has 3 heteroatoms. The molecule has 0 radical (unpaired) electrons. The normalized spacial score (nSPS) is 21.2. The summed E-state index contributed by atoms with van der Waals surface area (Å²) >= 11 is 0. The summed E-state index contributed by atoms with van der Waals surface area (Å²) in [5.74, 6) is 0.759. The van der Waals surface area contributed by atoms with Crippen LogP contribution in [0.15, 0.2) is 42.5 Å². The summed E-state index contributed by atoms with van der Waals surface area (Å²) in [7, 11) is 1.63. The fraction of sp³-hybridized carbons (Fsp3) is 0.250. The molecular weight excluding hydrogens is 238 g/mol. The zero-order valence-electron chi connectivity index (χ0n) is 10.9. The molecule has 0 aromatic heterocycles. The van der Waals surface area contributed by atoms with Crippen molar-refractivity contribution in [1.82, 2.24) is 0 Å². The lowest BCUT2D eigenvalue weighted by molar-refractivity contribution is 0.0827. The Morgan fingerprint density at radius 1 is 1.21 bits per heavy atom. The Labute approximate surface area is 112 Å². The predicted octanol–water partition coefficient (Wildman–Crippen LogP) is 2.46. The van der Waals surface area contributed by atoms with Gasteiger partial charge >= 0.3 is 0 Å². The largest absolute Gasteiger partial charge is 0.497 e. The average molecular weight is 255 g/mol. The lowest BCUT2D eigenvalue weighted by Crippen LogP contribution is -2.23. The summed E-state index contributed by atoms with van der Waals surface area (Å²) in [5, 5.41) is 11.0. The minimum atomic E-state index is -0.933. The molecule has 0 saturated heterocycles. The van der Waals surface area contributed by atoms with Gasteiger partial charge in [-0.3, -0.25) is 0 Å². The van der Waals surface area contributed by atoms with E-state index in [9.17, 15) is 5.11 Å². The van der Waals surface area contributed by atoms with Crippen molar-refractivity contribution in [2.24, 2.45) is 0 Å². The van der Waals surface area contributed by atoms with E-state index in [1.807, 2.05) is 42.5 Å². The number of nitrogen functional groups attached to an aromatic ring is 1. The van der Waals surface area contributed by atoms with E-state index in [4.69, 9.17) is 10.5 Å². The van der Waals surface area contributed by atoms with Crippen LogP contribution in [0.25, 0.3) is 0 Å². The minimum absolute atomic E-state index is 0.680. The standard InChI is InChI=1S/C16H17NO2/c1-19-14-4-2-3-12(10-14)16(18)8-7-11-9-13(17)5-6-15(11)16/h2-6,9-10,18H,7-8,17H2,1H3. The zero-order valence-corrected chi connectivity index (χ0v) is 10.9. The molecule has 3 nitrogen and oxygen atoms in total. The molecule has 19 heavy (non-hydrogen) atoms. The van der Waals surface area contributed by atoms with Gasteiger partial charge in [0.05, 0.1) is 7.11 Å². The molecule has 0 heterocycles. The van der Waals surface area contributed by atoms with Crippen LogP contribution >= 0.6 is 0 Å². The maximum atomic E-state index is 11.0. The predicted molar refractivity (Wildman–Crippen MR) is 75.2 cm³/mol. The number of ether oxygens (including phenoxy) is 1. The Hall–Kier alpha value is -2.00. The maximum Gasteiger partial charge on any atom is 0.119 e. The summed E-state index contributed by atoms with van der Waals surface area (Å²) in [4.78, 5) is 0. The van der Waals surface area contributed by atoms with E-state index in [0.29, 0.717) is 6.42 Å². The van der Waals surface area contributed by atoms with Crippen LogP contribution < -0.4 is 10.5 Å². The van der Waals surface area contributed by atoms with E-state index >= 15 is 0 Å². The van der Waals surface area contributed by atoms with Crippen LogP contribution in [0.2, 0.25) is 0 Å². The highest BCUT2D eigenvalue weighted by Gasteiger charge is 2.38. The smallest absolute Gasteiger partial charge is 0.119 e. The van der Waals surface area contributed by atoms with Crippen LogP contribution in [0.5, 0.6) is 5.75 Å². The van der Waals surface area contributed by atoms with Gasteiger partial charge < -0.3 is 15.6 Å². The van der Waals surface area contributed by atoms with Crippen LogP contribution in [0.3, 0.4) is 0 Å². The van der Waals surface area contributed by atoms with Crippen molar-refractivity contribution in [2.45, 2.75) is 18.4 Å². The number of nitrogens with two attached hydrogens (primary N) is 1. The second-order valence-corrected chi connectivity index (χ2v) is 5.01. The highest BCUT2D eigenvalue weighted by atomic mass is 16.5. The number of benzene rings is 2. The summed E-state index contributed by atoms with van der Waals surface area (Å²) in [6.07, 6.45) is 1.52. The second-order valence-electron chi connectivity index (χ2n) is 5.01. The van der Waals surface area contributed by atoms with Crippen molar-refractivity contribution in [3.05, 3.63) is 59.2 Å². The molecule has 98 valence electrons. The molecule has 0 amide bonds. The fourth-order valence-electron chi connectivity index (χ4n) is 2.85. The van der Waals surface area contributed by atoms with Gasteiger partial charge in [-0.1, -0.05) is 18.2 Å². The minimum Gasteiger partial charge on any atom is -0.497 e. The Morgan fingerprint density at radius 2 is 2.05 bits per heavy atom. The third-order valence-corrected chi connectivity index (χ3v) is 3.88. The Bertz CT molecular complexity index is 624. The number of hydrogen-bond donors (Lipinski definition) is 2. The number of aliphatic hydroxyl groups is 1. The molecule has 1 aliphatic carbocycles. The zero-order chi connectivity index (χ0) is 13.5. The van der Waals surface area contributed by atoms with Gasteiger partial charge in [0.2, 0.25) is 0 Å². The van der Waals surface area contributed by atoms with Gasteiger partial charge in [-0.15, -0.1) is 0 Å². The van der Waals surface area contributed by atoms with Crippen molar-refractivity contribution < 1.29 is 9.84 Å². The molecule has 2 aromatic carbocycles. The van der Waals surface area contributed by atoms with Gasteiger partial charge in [0, 0.05) is 5.69 Å². The van der Waals surface area contributed by atoms with E-state index in [0.717, 1.165) is 34.5 Å². The average Bonchev–Trinajstić information content (AvgIpc) is 2.77. The second kappa shape index (κ2) is 4.28. The molecule has 0 aliphatic heterocycles. The molecule has 2 aromatic rings. The Balaban J connectivity index is 2.10.